The van der Waals surface area contributed by atoms with Gasteiger partial charge in [-0.15, -0.1) is 0 Å². The third kappa shape index (κ3) is 9.42. The number of rotatable bonds is 16. The number of hydrogen-bond acceptors (Lipinski definition) is 8. The number of carbonyl (C=O) groups is 2. The van der Waals surface area contributed by atoms with Gasteiger partial charge in [-0.1, -0.05) is 43.9 Å². The molecule has 3 rings (SSSR count). The van der Waals surface area contributed by atoms with E-state index in [2.05, 4.69) is 5.10 Å². The molecule has 1 saturated carbocycles. The van der Waals surface area contributed by atoms with E-state index in [1.807, 2.05) is 24.3 Å². The van der Waals surface area contributed by atoms with E-state index in [-0.39, 0.29) is 24.6 Å². The van der Waals surface area contributed by atoms with Crippen LogP contribution in [0.4, 0.5) is 0 Å². The number of allylic oxidation sites excluding steroid dienone is 1. The van der Waals surface area contributed by atoms with Gasteiger partial charge < -0.3 is 14.2 Å². The second kappa shape index (κ2) is 16.1. The maximum absolute atomic E-state index is 13.1. The highest BCUT2D eigenvalue weighted by Gasteiger charge is 2.31. The third-order valence-electron chi connectivity index (χ3n) is 7.34. The molecule has 0 aliphatic heterocycles. The van der Waals surface area contributed by atoms with Crippen LogP contribution in [0.1, 0.15) is 96.2 Å². The summed E-state index contributed by atoms with van der Waals surface area (Å²) in [5.41, 5.74) is -0.330. The summed E-state index contributed by atoms with van der Waals surface area (Å²) >= 11 is 0. The minimum atomic E-state index is -1.07. The summed E-state index contributed by atoms with van der Waals surface area (Å²) in [6, 6.07) is 7.75. The van der Waals surface area contributed by atoms with Crippen molar-refractivity contribution in [3.05, 3.63) is 68.5 Å². The molecule has 0 radical (unpaired) electrons. The molecule has 2 aromatic rings. The van der Waals surface area contributed by atoms with Crippen LogP contribution in [0.5, 0.6) is 5.75 Å². The van der Waals surface area contributed by atoms with Gasteiger partial charge in [0.1, 0.15) is 11.4 Å². The quantitative estimate of drug-likeness (QED) is 0.158. The highest BCUT2D eigenvalue weighted by atomic mass is 16.6. The first-order chi connectivity index (χ1) is 20.2. The number of ether oxygens (including phenoxy) is 3. The summed E-state index contributed by atoms with van der Waals surface area (Å²) in [5, 5.41) is 4.52. The van der Waals surface area contributed by atoms with Gasteiger partial charge in [0.15, 0.2) is 5.60 Å². The summed E-state index contributed by atoms with van der Waals surface area (Å²) in [4.78, 5) is 50.1. The fourth-order valence-electron chi connectivity index (χ4n) is 5.14. The Labute approximate surface area is 247 Å². The molecule has 1 aliphatic rings. The average Bonchev–Trinajstić information content (AvgIpc) is 3.48. The Kier molecular flexibility index (Phi) is 12.6. The second-order valence-corrected chi connectivity index (χ2v) is 11.1. The van der Waals surface area contributed by atoms with Crippen LogP contribution in [0.25, 0.3) is 0 Å². The molecule has 0 amide bonds. The van der Waals surface area contributed by atoms with Crippen molar-refractivity contribution in [1.82, 2.24) is 14.3 Å². The van der Waals surface area contributed by atoms with Crippen LogP contribution in [-0.4, -0.2) is 45.1 Å². The van der Waals surface area contributed by atoms with E-state index in [9.17, 15) is 19.2 Å². The molecule has 0 spiro atoms. The minimum Gasteiger partial charge on any atom is -0.476 e. The number of nitrogens with zero attached hydrogens (tertiary/aromatic N) is 3. The van der Waals surface area contributed by atoms with E-state index in [1.165, 1.54) is 21.4 Å². The van der Waals surface area contributed by atoms with E-state index < -0.39 is 23.2 Å². The molecule has 0 saturated heterocycles. The zero-order valence-electron chi connectivity index (χ0n) is 25.4. The normalized spacial score (nSPS) is 13.9. The van der Waals surface area contributed by atoms with Crippen LogP contribution in [-0.2, 0) is 38.6 Å². The largest absolute Gasteiger partial charge is 0.476 e. The lowest BCUT2D eigenvalue weighted by molar-refractivity contribution is -0.158. The van der Waals surface area contributed by atoms with Crippen molar-refractivity contribution in [1.29, 1.82) is 0 Å². The SMILES string of the molecule is CCOC(=O)/C=C/Cn1c(=O)c(C2CCCC2)nn(CCCCCCc2cccc(OC(C)(C)C(=O)OCC)c2)c1=O. The first-order valence-electron chi connectivity index (χ1n) is 15.2. The maximum atomic E-state index is 13.1. The van der Waals surface area contributed by atoms with Crippen LogP contribution in [0.15, 0.2) is 46.0 Å². The smallest absolute Gasteiger partial charge is 0.349 e. The second-order valence-electron chi connectivity index (χ2n) is 11.1. The molecular formula is C32H45N3O7. The molecule has 1 aromatic heterocycles. The van der Waals surface area contributed by atoms with Gasteiger partial charge in [0.25, 0.3) is 5.56 Å². The van der Waals surface area contributed by atoms with Gasteiger partial charge in [-0.05, 0) is 77.5 Å². The monoisotopic (exact) mass is 583 g/mol. The molecule has 1 heterocycles. The highest BCUT2D eigenvalue weighted by Crippen LogP contribution is 2.31. The standard InChI is InChI=1S/C32H45N3O7/c1-5-40-27(36)20-14-21-34-29(37)28(25-17-10-11-18-25)33-35(31(34)39)22-12-8-7-9-15-24-16-13-19-26(23-24)42-32(3,4)30(38)41-6-2/h13-14,16,19-20,23,25H,5-12,15,17-18,21-22H2,1-4H3/b20-14+. The Morgan fingerprint density at radius 2 is 1.74 bits per heavy atom. The molecule has 0 bridgehead atoms. The Bertz CT molecular complexity index is 1340. The minimum absolute atomic E-state index is 0.00152. The zero-order valence-corrected chi connectivity index (χ0v) is 25.4. The predicted molar refractivity (Wildman–Crippen MR) is 160 cm³/mol. The molecule has 1 aromatic carbocycles. The summed E-state index contributed by atoms with van der Waals surface area (Å²) in [5.74, 6) is -0.216. The number of hydrogen-bond donors (Lipinski definition) is 0. The molecule has 0 atom stereocenters. The Morgan fingerprint density at radius 3 is 2.45 bits per heavy atom. The molecule has 10 heteroatoms. The van der Waals surface area contributed by atoms with Gasteiger partial charge in [0.05, 0.1) is 13.2 Å². The summed E-state index contributed by atoms with van der Waals surface area (Å²) in [6.45, 7) is 7.86. The fraction of sp³-hybridized carbons (Fsp3) is 0.594. The van der Waals surface area contributed by atoms with Crippen molar-refractivity contribution < 1.29 is 23.8 Å². The number of aryl methyl sites for hydroxylation is 2. The molecule has 0 N–H and O–H groups in total. The van der Waals surface area contributed by atoms with Crippen LogP contribution in [0.3, 0.4) is 0 Å². The number of benzene rings is 1. The first-order valence-corrected chi connectivity index (χ1v) is 15.2. The van der Waals surface area contributed by atoms with Crippen molar-refractivity contribution in [2.24, 2.45) is 0 Å². The van der Waals surface area contributed by atoms with Gasteiger partial charge in [0, 0.05) is 25.1 Å². The Morgan fingerprint density at radius 1 is 1.02 bits per heavy atom. The first kappa shape index (κ1) is 32.8. The molecule has 230 valence electrons. The zero-order chi connectivity index (χ0) is 30.5. The molecule has 42 heavy (non-hydrogen) atoms. The summed E-state index contributed by atoms with van der Waals surface area (Å²) in [6.07, 6.45) is 11.1. The topological polar surface area (TPSA) is 119 Å². The van der Waals surface area contributed by atoms with E-state index in [0.717, 1.165) is 63.4 Å². The summed E-state index contributed by atoms with van der Waals surface area (Å²) in [7, 11) is 0. The molecule has 1 aliphatic carbocycles. The summed E-state index contributed by atoms with van der Waals surface area (Å²) < 4.78 is 18.5. The van der Waals surface area contributed by atoms with Crippen LogP contribution in [0, 0.1) is 0 Å². The maximum Gasteiger partial charge on any atom is 0.349 e. The number of unbranched alkanes of at least 4 members (excludes halogenated alkanes) is 3. The molecule has 10 nitrogen and oxygen atoms in total. The van der Waals surface area contributed by atoms with Gasteiger partial charge in [0.2, 0.25) is 0 Å². The van der Waals surface area contributed by atoms with Gasteiger partial charge in [-0.3, -0.25) is 9.36 Å². The van der Waals surface area contributed by atoms with E-state index in [0.29, 0.717) is 24.6 Å². The van der Waals surface area contributed by atoms with Crippen molar-refractivity contribution in [2.45, 2.75) is 110 Å². The van der Waals surface area contributed by atoms with Crippen molar-refractivity contribution in [3.63, 3.8) is 0 Å². The lowest BCUT2D eigenvalue weighted by Crippen LogP contribution is -2.43. The van der Waals surface area contributed by atoms with E-state index in [1.54, 1.807) is 27.7 Å². The van der Waals surface area contributed by atoms with Gasteiger partial charge in [-0.2, -0.15) is 5.10 Å². The van der Waals surface area contributed by atoms with Crippen molar-refractivity contribution in [2.75, 3.05) is 13.2 Å². The van der Waals surface area contributed by atoms with Gasteiger partial charge >= 0.3 is 17.6 Å². The van der Waals surface area contributed by atoms with Crippen LogP contribution < -0.4 is 16.0 Å². The molecular weight excluding hydrogens is 538 g/mol. The average molecular weight is 584 g/mol. The highest BCUT2D eigenvalue weighted by molar-refractivity contribution is 5.81. The molecule has 0 unspecified atom stereocenters. The van der Waals surface area contributed by atoms with Gasteiger partial charge in [-0.25, -0.2) is 19.1 Å². The number of esters is 2. The van der Waals surface area contributed by atoms with Crippen molar-refractivity contribution in [3.8, 4) is 5.75 Å². The molecule has 1 fully saturated rings. The Balaban J connectivity index is 1.57. The lowest BCUT2D eigenvalue weighted by atomic mass is 10.0. The van der Waals surface area contributed by atoms with E-state index in [4.69, 9.17) is 14.2 Å². The van der Waals surface area contributed by atoms with E-state index >= 15 is 0 Å². The van der Waals surface area contributed by atoms with Crippen LogP contribution in [0.2, 0.25) is 0 Å². The number of aromatic nitrogens is 3. The predicted octanol–water partition coefficient (Wildman–Crippen LogP) is 4.71. The van der Waals surface area contributed by atoms with Crippen molar-refractivity contribution >= 4 is 11.9 Å². The Hall–Kier alpha value is -3.69. The fourth-order valence-corrected chi connectivity index (χ4v) is 5.14. The third-order valence-corrected chi connectivity index (χ3v) is 7.34. The number of carbonyl (C=O) groups excluding carboxylic acids is 2. The van der Waals surface area contributed by atoms with Crippen LogP contribution >= 0.6 is 0 Å². The lowest BCUT2D eigenvalue weighted by Gasteiger charge is -2.24.